The molecule has 0 saturated carbocycles. The Bertz CT molecular complexity index is 853. The molecule has 24 heavy (non-hydrogen) atoms. The third kappa shape index (κ3) is 3.04. The maximum atomic E-state index is 12.6. The number of fused-ring (bicyclic) bond motifs is 1. The highest BCUT2D eigenvalue weighted by Gasteiger charge is 2.20. The molecule has 3 rings (SSSR count). The van der Waals surface area contributed by atoms with Gasteiger partial charge in [0.05, 0.1) is 23.8 Å². The second-order valence-corrected chi connectivity index (χ2v) is 6.51. The number of aryl methyl sites for hydroxylation is 3. The summed E-state index contributed by atoms with van der Waals surface area (Å²) in [5, 5.41) is 4.23. The first kappa shape index (κ1) is 16.2. The zero-order valence-corrected chi connectivity index (χ0v) is 14.8. The van der Waals surface area contributed by atoms with Crippen molar-refractivity contribution in [2.75, 3.05) is 7.05 Å². The van der Waals surface area contributed by atoms with E-state index in [9.17, 15) is 4.79 Å². The SMILES string of the molecule is Cc1cnn(C(C)C(=O)N(C)Cc2nc3cc(C)c(C)cc3[nH]2)c1. The summed E-state index contributed by atoms with van der Waals surface area (Å²) in [5.74, 6) is 0.792. The van der Waals surface area contributed by atoms with E-state index in [4.69, 9.17) is 0 Å². The molecule has 6 heteroatoms. The van der Waals surface area contributed by atoms with Crippen LogP contribution in [0.5, 0.6) is 0 Å². The average molecular weight is 325 g/mol. The minimum absolute atomic E-state index is 0.00548. The van der Waals surface area contributed by atoms with Gasteiger partial charge in [-0.25, -0.2) is 4.98 Å². The number of amides is 1. The van der Waals surface area contributed by atoms with Gasteiger partial charge in [-0.05, 0) is 56.5 Å². The molecule has 0 aliphatic heterocycles. The summed E-state index contributed by atoms with van der Waals surface area (Å²) < 4.78 is 1.69. The minimum Gasteiger partial charge on any atom is -0.340 e. The van der Waals surface area contributed by atoms with E-state index in [-0.39, 0.29) is 11.9 Å². The van der Waals surface area contributed by atoms with Crippen LogP contribution in [0.4, 0.5) is 0 Å². The van der Waals surface area contributed by atoms with Gasteiger partial charge in [0.15, 0.2) is 0 Å². The van der Waals surface area contributed by atoms with Crippen LogP contribution in [-0.2, 0) is 11.3 Å². The number of nitrogens with one attached hydrogen (secondary N) is 1. The number of nitrogens with zero attached hydrogens (tertiary/aromatic N) is 4. The molecule has 0 spiro atoms. The van der Waals surface area contributed by atoms with E-state index >= 15 is 0 Å². The second kappa shape index (κ2) is 6.11. The number of carbonyl (C=O) groups excluding carboxylic acids is 1. The van der Waals surface area contributed by atoms with Crippen molar-refractivity contribution in [2.45, 2.75) is 40.3 Å². The van der Waals surface area contributed by atoms with Crippen LogP contribution in [0.2, 0.25) is 0 Å². The van der Waals surface area contributed by atoms with Crippen LogP contribution in [-0.4, -0.2) is 37.6 Å². The van der Waals surface area contributed by atoms with Gasteiger partial charge in [0.2, 0.25) is 5.91 Å². The first-order valence-corrected chi connectivity index (χ1v) is 8.06. The van der Waals surface area contributed by atoms with E-state index in [0.29, 0.717) is 6.54 Å². The van der Waals surface area contributed by atoms with E-state index < -0.39 is 0 Å². The highest BCUT2D eigenvalue weighted by molar-refractivity contribution is 5.80. The first-order valence-electron chi connectivity index (χ1n) is 8.06. The molecule has 2 heterocycles. The van der Waals surface area contributed by atoms with Crippen LogP contribution in [0.25, 0.3) is 11.0 Å². The van der Waals surface area contributed by atoms with Gasteiger partial charge >= 0.3 is 0 Å². The van der Waals surface area contributed by atoms with Gasteiger partial charge in [-0.2, -0.15) is 5.10 Å². The molecule has 0 radical (unpaired) electrons. The number of aromatic amines is 1. The molecular formula is C18H23N5O. The second-order valence-electron chi connectivity index (χ2n) is 6.51. The fourth-order valence-corrected chi connectivity index (χ4v) is 2.78. The van der Waals surface area contributed by atoms with Crippen LogP contribution in [0.15, 0.2) is 24.5 Å². The monoisotopic (exact) mass is 325 g/mol. The van der Waals surface area contributed by atoms with Crippen LogP contribution in [0.1, 0.15) is 35.5 Å². The van der Waals surface area contributed by atoms with Crippen LogP contribution in [0.3, 0.4) is 0 Å². The molecule has 1 amide bonds. The summed E-state index contributed by atoms with van der Waals surface area (Å²) in [5.41, 5.74) is 5.42. The largest absolute Gasteiger partial charge is 0.340 e. The van der Waals surface area contributed by atoms with Crippen molar-refractivity contribution < 1.29 is 4.79 Å². The lowest BCUT2D eigenvalue weighted by Gasteiger charge is -2.20. The zero-order chi connectivity index (χ0) is 17.4. The molecule has 6 nitrogen and oxygen atoms in total. The highest BCUT2D eigenvalue weighted by atomic mass is 16.2. The summed E-state index contributed by atoms with van der Waals surface area (Å²) in [4.78, 5) is 22.2. The van der Waals surface area contributed by atoms with Gasteiger partial charge in [-0.1, -0.05) is 0 Å². The Morgan fingerprint density at radius 3 is 2.67 bits per heavy atom. The van der Waals surface area contributed by atoms with Crippen molar-refractivity contribution >= 4 is 16.9 Å². The Morgan fingerprint density at radius 1 is 1.29 bits per heavy atom. The van der Waals surface area contributed by atoms with Gasteiger partial charge < -0.3 is 9.88 Å². The number of hydrogen-bond donors (Lipinski definition) is 1. The fourth-order valence-electron chi connectivity index (χ4n) is 2.78. The van der Waals surface area contributed by atoms with E-state index in [2.05, 4.69) is 41.0 Å². The van der Waals surface area contributed by atoms with Crippen LogP contribution >= 0.6 is 0 Å². The predicted molar refractivity (Wildman–Crippen MR) is 93.7 cm³/mol. The number of rotatable bonds is 4. The lowest BCUT2D eigenvalue weighted by molar-refractivity contribution is -0.133. The van der Waals surface area contributed by atoms with Crippen LogP contribution in [0, 0.1) is 20.8 Å². The predicted octanol–water partition coefficient (Wildman–Crippen LogP) is 2.90. The van der Waals surface area contributed by atoms with Crippen molar-refractivity contribution in [3.8, 4) is 0 Å². The maximum Gasteiger partial charge on any atom is 0.247 e. The highest BCUT2D eigenvalue weighted by Crippen LogP contribution is 2.18. The van der Waals surface area contributed by atoms with E-state index in [0.717, 1.165) is 22.4 Å². The van der Waals surface area contributed by atoms with E-state index in [1.54, 1.807) is 22.8 Å². The molecular weight excluding hydrogens is 302 g/mol. The standard InChI is InChI=1S/C18H23N5O/c1-11-8-19-23(9-11)14(4)18(24)22(5)10-17-20-15-6-12(2)13(3)7-16(15)21-17/h6-9,14H,10H2,1-5H3,(H,20,21). The Hall–Kier alpha value is -2.63. The number of likely N-dealkylation sites (N-methyl/N-ethyl adjacent to an activating group) is 1. The quantitative estimate of drug-likeness (QED) is 0.802. The Kier molecular flexibility index (Phi) is 4.13. The number of hydrogen-bond acceptors (Lipinski definition) is 3. The maximum absolute atomic E-state index is 12.6. The molecule has 2 aromatic heterocycles. The molecule has 1 unspecified atom stereocenters. The number of aromatic nitrogens is 4. The number of benzene rings is 1. The molecule has 126 valence electrons. The molecule has 0 fully saturated rings. The molecule has 0 bridgehead atoms. The third-order valence-corrected chi connectivity index (χ3v) is 4.39. The summed E-state index contributed by atoms with van der Waals surface area (Å²) in [7, 11) is 1.79. The van der Waals surface area contributed by atoms with Crippen molar-refractivity contribution in [3.63, 3.8) is 0 Å². The molecule has 0 aliphatic rings. The van der Waals surface area contributed by atoms with Gasteiger partial charge in [0.25, 0.3) is 0 Å². The summed E-state index contributed by atoms with van der Waals surface area (Å²) >= 11 is 0. The van der Waals surface area contributed by atoms with E-state index in [1.807, 2.05) is 20.0 Å². The van der Waals surface area contributed by atoms with Gasteiger partial charge in [0, 0.05) is 13.2 Å². The van der Waals surface area contributed by atoms with E-state index in [1.165, 1.54) is 11.1 Å². The van der Waals surface area contributed by atoms with Crippen molar-refractivity contribution in [1.29, 1.82) is 0 Å². The summed E-state index contributed by atoms with van der Waals surface area (Å²) in [6.45, 7) is 8.42. The molecule has 0 saturated heterocycles. The molecule has 3 aromatic rings. The topological polar surface area (TPSA) is 66.8 Å². The van der Waals surface area contributed by atoms with Crippen molar-refractivity contribution in [2.24, 2.45) is 0 Å². The molecule has 1 aromatic carbocycles. The first-order chi connectivity index (χ1) is 11.3. The number of imidazole rings is 1. The molecule has 0 aliphatic carbocycles. The lowest BCUT2D eigenvalue weighted by Crippen LogP contribution is -2.33. The van der Waals surface area contributed by atoms with Gasteiger partial charge in [-0.3, -0.25) is 9.48 Å². The number of H-pyrrole nitrogens is 1. The fraction of sp³-hybridized carbons (Fsp3) is 0.389. The van der Waals surface area contributed by atoms with Gasteiger partial charge in [-0.15, -0.1) is 0 Å². The summed E-state index contributed by atoms with van der Waals surface area (Å²) in [6, 6.07) is 3.83. The summed E-state index contributed by atoms with van der Waals surface area (Å²) in [6.07, 6.45) is 3.64. The third-order valence-electron chi connectivity index (χ3n) is 4.39. The Morgan fingerprint density at radius 2 is 2.00 bits per heavy atom. The normalized spacial score (nSPS) is 12.5. The molecule has 1 N–H and O–H groups in total. The van der Waals surface area contributed by atoms with Crippen LogP contribution < -0.4 is 0 Å². The van der Waals surface area contributed by atoms with Crippen molar-refractivity contribution in [1.82, 2.24) is 24.6 Å². The lowest BCUT2D eigenvalue weighted by atomic mass is 10.1. The minimum atomic E-state index is -0.336. The Labute approximate surface area is 141 Å². The Balaban J connectivity index is 1.76. The van der Waals surface area contributed by atoms with Gasteiger partial charge in [0.1, 0.15) is 11.9 Å². The molecule has 1 atom stereocenters. The average Bonchev–Trinajstić information content (AvgIpc) is 3.12. The zero-order valence-electron chi connectivity index (χ0n) is 14.8. The smallest absolute Gasteiger partial charge is 0.247 e. The van der Waals surface area contributed by atoms with Crippen molar-refractivity contribution in [3.05, 3.63) is 47.0 Å². The number of carbonyl (C=O) groups is 1.